The van der Waals surface area contributed by atoms with Crippen LogP contribution in [0.1, 0.15) is 49.4 Å². The van der Waals surface area contributed by atoms with Gasteiger partial charge < -0.3 is 10.4 Å². The Labute approximate surface area is 119 Å². The highest BCUT2D eigenvalue weighted by atomic mass is 35.5. The Kier molecular flexibility index (Phi) is 4.35. The van der Waals surface area contributed by atoms with Gasteiger partial charge in [-0.15, -0.1) is 0 Å². The molecule has 0 aliphatic heterocycles. The number of benzene rings is 1. The number of hydrogen-bond acceptors (Lipinski definition) is 2. The van der Waals surface area contributed by atoms with Crippen LogP contribution < -0.4 is 5.32 Å². The molecule has 104 valence electrons. The van der Waals surface area contributed by atoms with Crippen LogP contribution in [0, 0.1) is 5.41 Å². The fourth-order valence-corrected chi connectivity index (χ4v) is 2.93. The Balaban J connectivity index is 2.01. The molecule has 0 spiro atoms. The molecule has 2 N–H and O–H groups in total. The number of rotatable bonds is 4. The van der Waals surface area contributed by atoms with Crippen molar-refractivity contribution in [3.63, 3.8) is 0 Å². The molecule has 19 heavy (non-hydrogen) atoms. The summed E-state index contributed by atoms with van der Waals surface area (Å²) in [6, 6.07) is 4.83. The predicted molar refractivity (Wildman–Crippen MR) is 78.1 cm³/mol. The predicted octanol–water partition coefficient (Wildman–Crippen LogP) is 4.42. The summed E-state index contributed by atoms with van der Waals surface area (Å²) in [5, 5.41) is 12.7. The number of nitrogens with one attached hydrogen (secondary N) is 1. The van der Waals surface area contributed by atoms with Crippen LogP contribution in [0.3, 0.4) is 0 Å². The molecule has 0 radical (unpaired) electrons. The van der Waals surface area contributed by atoms with E-state index < -0.39 is 5.97 Å². The lowest BCUT2D eigenvalue weighted by Gasteiger charge is -2.34. The van der Waals surface area contributed by atoms with Gasteiger partial charge in [-0.25, -0.2) is 4.79 Å². The van der Waals surface area contributed by atoms with Gasteiger partial charge in [-0.3, -0.25) is 0 Å². The highest BCUT2D eigenvalue weighted by Crippen LogP contribution is 2.36. The van der Waals surface area contributed by atoms with Crippen molar-refractivity contribution in [3.05, 3.63) is 28.8 Å². The summed E-state index contributed by atoms with van der Waals surface area (Å²) in [7, 11) is 0. The summed E-state index contributed by atoms with van der Waals surface area (Å²) >= 11 is 6.11. The number of anilines is 1. The van der Waals surface area contributed by atoms with Crippen molar-refractivity contribution < 1.29 is 9.90 Å². The van der Waals surface area contributed by atoms with Crippen LogP contribution in [0.25, 0.3) is 0 Å². The lowest BCUT2D eigenvalue weighted by Crippen LogP contribution is -2.28. The molecule has 0 saturated heterocycles. The van der Waals surface area contributed by atoms with Crippen LogP contribution in [-0.4, -0.2) is 17.6 Å². The largest absolute Gasteiger partial charge is 0.478 e. The monoisotopic (exact) mass is 281 g/mol. The van der Waals surface area contributed by atoms with Crippen molar-refractivity contribution in [2.45, 2.75) is 39.0 Å². The van der Waals surface area contributed by atoms with E-state index in [1.54, 1.807) is 12.1 Å². The van der Waals surface area contributed by atoms with Gasteiger partial charge >= 0.3 is 5.97 Å². The zero-order chi connectivity index (χ0) is 13.9. The summed E-state index contributed by atoms with van der Waals surface area (Å²) in [6.45, 7) is 3.19. The minimum absolute atomic E-state index is 0.222. The molecule has 1 fully saturated rings. The van der Waals surface area contributed by atoms with E-state index in [0.717, 1.165) is 12.2 Å². The average Bonchev–Trinajstić information content (AvgIpc) is 2.38. The summed E-state index contributed by atoms with van der Waals surface area (Å²) in [5.74, 6) is -0.951. The van der Waals surface area contributed by atoms with E-state index in [9.17, 15) is 4.79 Å². The fourth-order valence-electron chi connectivity index (χ4n) is 2.68. The lowest BCUT2D eigenvalue weighted by molar-refractivity contribution is 0.0697. The van der Waals surface area contributed by atoms with Crippen LogP contribution in [0.5, 0.6) is 0 Å². The molecule has 1 aliphatic carbocycles. The topological polar surface area (TPSA) is 49.3 Å². The average molecular weight is 282 g/mol. The molecular formula is C15H20ClNO2. The first-order valence-electron chi connectivity index (χ1n) is 6.77. The van der Waals surface area contributed by atoms with Gasteiger partial charge in [-0.2, -0.15) is 0 Å². The maximum atomic E-state index is 10.8. The molecule has 1 saturated carbocycles. The Bertz CT molecular complexity index is 467. The molecule has 0 aromatic heterocycles. The summed E-state index contributed by atoms with van der Waals surface area (Å²) in [5.41, 5.74) is 1.37. The molecule has 0 amide bonds. The van der Waals surface area contributed by atoms with Gasteiger partial charge in [0, 0.05) is 6.54 Å². The minimum atomic E-state index is -0.951. The molecule has 0 unspecified atom stereocenters. The van der Waals surface area contributed by atoms with Gasteiger partial charge in [-0.1, -0.05) is 37.8 Å². The quantitative estimate of drug-likeness (QED) is 0.859. The van der Waals surface area contributed by atoms with Crippen molar-refractivity contribution in [2.75, 3.05) is 11.9 Å². The first-order chi connectivity index (χ1) is 9.00. The Morgan fingerprint density at radius 1 is 1.37 bits per heavy atom. The van der Waals surface area contributed by atoms with Gasteiger partial charge in [0.2, 0.25) is 0 Å². The van der Waals surface area contributed by atoms with E-state index in [2.05, 4.69) is 12.2 Å². The molecule has 0 atom stereocenters. The summed E-state index contributed by atoms with van der Waals surface area (Å²) in [4.78, 5) is 10.8. The van der Waals surface area contributed by atoms with E-state index in [-0.39, 0.29) is 5.56 Å². The number of halogens is 1. The third-order valence-electron chi connectivity index (χ3n) is 3.98. The highest BCUT2D eigenvalue weighted by Gasteiger charge is 2.26. The van der Waals surface area contributed by atoms with Crippen molar-refractivity contribution in [1.82, 2.24) is 0 Å². The maximum Gasteiger partial charge on any atom is 0.335 e. The lowest BCUT2D eigenvalue weighted by atomic mass is 9.76. The molecule has 2 rings (SSSR count). The van der Waals surface area contributed by atoms with Crippen LogP contribution in [-0.2, 0) is 0 Å². The minimum Gasteiger partial charge on any atom is -0.478 e. The third kappa shape index (κ3) is 3.63. The molecule has 1 aromatic carbocycles. The molecule has 1 aliphatic rings. The number of hydrogen-bond donors (Lipinski definition) is 2. The van der Waals surface area contributed by atoms with Crippen LogP contribution in [0.4, 0.5) is 5.69 Å². The third-order valence-corrected chi connectivity index (χ3v) is 4.30. The Morgan fingerprint density at radius 3 is 2.63 bits per heavy atom. The second-order valence-corrected chi connectivity index (χ2v) is 6.13. The van der Waals surface area contributed by atoms with E-state index >= 15 is 0 Å². The first kappa shape index (κ1) is 14.2. The van der Waals surface area contributed by atoms with Gasteiger partial charge in [-0.05, 0) is 36.5 Å². The molecular weight excluding hydrogens is 262 g/mol. The standard InChI is InChI=1S/C15H20ClNO2/c1-15(7-3-2-4-8-15)10-17-13-6-5-11(14(18)19)9-12(13)16/h5-6,9,17H,2-4,7-8,10H2,1H3,(H,18,19). The number of carboxylic acid groups (broad SMARTS) is 1. The smallest absolute Gasteiger partial charge is 0.335 e. The second kappa shape index (κ2) is 5.83. The SMILES string of the molecule is CC1(CNc2ccc(C(=O)O)cc2Cl)CCCCC1. The zero-order valence-electron chi connectivity index (χ0n) is 11.2. The molecule has 4 heteroatoms. The van der Waals surface area contributed by atoms with Crippen molar-refractivity contribution in [1.29, 1.82) is 0 Å². The maximum absolute atomic E-state index is 10.8. The van der Waals surface area contributed by atoms with Gasteiger partial charge in [0.1, 0.15) is 0 Å². The Morgan fingerprint density at radius 2 is 2.05 bits per heavy atom. The van der Waals surface area contributed by atoms with E-state index in [0.29, 0.717) is 10.4 Å². The van der Waals surface area contributed by atoms with Gasteiger partial charge in [0.15, 0.2) is 0 Å². The number of carbonyl (C=O) groups is 1. The fraction of sp³-hybridized carbons (Fsp3) is 0.533. The number of carboxylic acids is 1. The van der Waals surface area contributed by atoms with Crippen LogP contribution in [0.15, 0.2) is 18.2 Å². The summed E-state index contributed by atoms with van der Waals surface area (Å²) in [6.07, 6.45) is 6.41. The zero-order valence-corrected chi connectivity index (χ0v) is 12.0. The van der Waals surface area contributed by atoms with Crippen molar-refractivity contribution >= 4 is 23.3 Å². The Hall–Kier alpha value is -1.22. The molecule has 0 bridgehead atoms. The molecule has 1 aromatic rings. The second-order valence-electron chi connectivity index (χ2n) is 5.72. The molecule has 3 nitrogen and oxygen atoms in total. The number of aromatic carboxylic acids is 1. The van der Waals surface area contributed by atoms with E-state index in [4.69, 9.17) is 16.7 Å². The van der Waals surface area contributed by atoms with Crippen molar-refractivity contribution in [3.8, 4) is 0 Å². The van der Waals surface area contributed by atoms with Crippen LogP contribution >= 0.6 is 11.6 Å². The van der Waals surface area contributed by atoms with Gasteiger partial charge in [0.05, 0.1) is 16.3 Å². The van der Waals surface area contributed by atoms with Crippen molar-refractivity contribution in [2.24, 2.45) is 5.41 Å². The normalized spacial score (nSPS) is 18.0. The highest BCUT2D eigenvalue weighted by molar-refractivity contribution is 6.33. The van der Waals surface area contributed by atoms with Gasteiger partial charge in [0.25, 0.3) is 0 Å². The molecule has 0 heterocycles. The first-order valence-corrected chi connectivity index (χ1v) is 7.15. The van der Waals surface area contributed by atoms with Crippen LogP contribution in [0.2, 0.25) is 5.02 Å². The summed E-state index contributed by atoms with van der Waals surface area (Å²) < 4.78 is 0. The van der Waals surface area contributed by atoms with E-state index in [1.165, 1.54) is 38.2 Å². The van der Waals surface area contributed by atoms with E-state index in [1.807, 2.05) is 0 Å².